The Labute approximate surface area is 85.1 Å². The maximum absolute atomic E-state index is 10.9. The Hall–Kier alpha value is -0.830. The molecule has 0 radical (unpaired) electrons. The zero-order valence-electron chi connectivity index (χ0n) is 8.86. The van der Waals surface area contributed by atoms with Crippen molar-refractivity contribution in [3.05, 3.63) is 12.2 Å². The summed E-state index contributed by atoms with van der Waals surface area (Å²) in [5.74, 6) is 0.333. The number of carbonyl (C=O) groups excluding carboxylic acids is 1. The van der Waals surface area contributed by atoms with Gasteiger partial charge in [-0.3, -0.25) is 0 Å². The van der Waals surface area contributed by atoms with Crippen molar-refractivity contribution in [2.45, 2.75) is 32.8 Å². The summed E-state index contributed by atoms with van der Waals surface area (Å²) < 4.78 is 10.3. The summed E-state index contributed by atoms with van der Waals surface area (Å²) in [5.41, 5.74) is 0. The minimum absolute atomic E-state index is 0.249. The van der Waals surface area contributed by atoms with Crippen LogP contribution in [0.1, 0.15) is 26.7 Å². The van der Waals surface area contributed by atoms with E-state index in [4.69, 9.17) is 9.47 Å². The number of hydrogen-bond donors (Lipinski definition) is 0. The van der Waals surface area contributed by atoms with Crippen LogP contribution >= 0.6 is 0 Å². The molecule has 1 fully saturated rings. The van der Waals surface area contributed by atoms with Gasteiger partial charge in [-0.05, 0) is 19.8 Å². The molecule has 2 unspecified atom stereocenters. The summed E-state index contributed by atoms with van der Waals surface area (Å²) >= 11 is 0. The summed E-state index contributed by atoms with van der Waals surface area (Å²) in [4.78, 5) is 10.9. The van der Waals surface area contributed by atoms with Gasteiger partial charge < -0.3 is 9.47 Å². The van der Waals surface area contributed by atoms with Crippen molar-refractivity contribution in [1.82, 2.24) is 0 Å². The Morgan fingerprint density at radius 3 is 2.93 bits per heavy atom. The molecule has 0 amide bonds. The minimum atomic E-state index is -0.249. The van der Waals surface area contributed by atoms with Gasteiger partial charge in [-0.2, -0.15) is 0 Å². The molecular weight excluding hydrogens is 180 g/mol. The molecule has 0 bridgehead atoms. The Bertz CT molecular complexity index is 209. The van der Waals surface area contributed by atoms with Gasteiger partial charge >= 0.3 is 5.97 Å². The molecule has 1 aliphatic heterocycles. The van der Waals surface area contributed by atoms with E-state index >= 15 is 0 Å². The molecule has 3 nitrogen and oxygen atoms in total. The molecule has 0 aromatic rings. The molecule has 0 aliphatic carbocycles. The van der Waals surface area contributed by atoms with Crippen LogP contribution in [0, 0.1) is 5.92 Å². The highest BCUT2D eigenvalue weighted by atomic mass is 16.5. The van der Waals surface area contributed by atoms with Gasteiger partial charge in [0.25, 0.3) is 0 Å². The molecule has 3 heteroatoms. The predicted molar refractivity (Wildman–Crippen MR) is 53.9 cm³/mol. The van der Waals surface area contributed by atoms with E-state index in [2.05, 4.69) is 6.92 Å². The summed E-state index contributed by atoms with van der Waals surface area (Å²) in [6.45, 7) is 5.24. The molecule has 2 atom stereocenters. The number of esters is 1. The van der Waals surface area contributed by atoms with Crippen molar-refractivity contribution in [2.75, 3.05) is 13.2 Å². The maximum Gasteiger partial charge on any atom is 0.330 e. The van der Waals surface area contributed by atoms with Crippen molar-refractivity contribution in [1.29, 1.82) is 0 Å². The fraction of sp³-hybridized carbons (Fsp3) is 0.727. The molecule has 0 N–H and O–H groups in total. The zero-order chi connectivity index (χ0) is 10.4. The average molecular weight is 198 g/mol. The molecule has 0 saturated carbocycles. The second-order valence-electron chi connectivity index (χ2n) is 3.50. The lowest BCUT2D eigenvalue weighted by molar-refractivity contribution is -0.144. The number of allylic oxidation sites excluding steroid dienone is 1. The zero-order valence-corrected chi connectivity index (χ0v) is 8.86. The van der Waals surface area contributed by atoms with Gasteiger partial charge in [0.1, 0.15) is 0 Å². The third kappa shape index (κ3) is 3.14. The topological polar surface area (TPSA) is 35.5 Å². The smallest absolute Gasteiger partial charge is 0.330 e. The third-order valence-corrected chi connectivity index (χ3v) is 2.49. The number of hydrogen-bond acceptors (Lipinski definition) is 3. The Kier molecular flexibility index (Phi) is 4.66. The van der Waals surface area contributed by atoms with Gasteiger partial charge in [-0.25, -0.2) is 4.79 Å². The van der Waals surface area contributed by atoms with Crippen LogP contribution in [0.25, 0.3) is 0 Å². The molecule has 14 heavy (non-hydrogen) atoms. The van der Waals surface area contributed by atoms with E-state index in [1.54, 1.807) is 13.0 Å². The Balaban J connectivity index is 2.06. The highest BCUT2D eigenvalue weighted by molar-refractivity contribution is 5.81. The Morgan fingerprint density at radius 2 is 2.43 bits per heavy atom. The summed E-state index contributed by atoms with van der Waals surface area (Å²) in [6.07, 6.45) is 5.48. The lowest BCUT2D eigenvalue weighted by Crippen LogP contribution is -2.39. The molecule has 0 aromatic carbocycles. The maximum atomic E-state index is 10.9. The second kappa shape index (κ2) is 5.81. The Morgan fingerprint density at radius 1 is 1.64 bits per heavy atom. The molecule has 0 spiro atoms. The average Bonchev–Trinajstić information content (AvgIpc) is 2.12. The van der Waals surface area contributed by atoms with Gasteiger partial charge in [0.15, 0.2) is 0 Å². The van der Waals surface area contributed by atoms with Crippen LogP contribution in [-0.2, 0) is 14.3 Å². The standard InChI is InChI=1S/C11H18O3/c1-3-5-11(12)13-7-6-9-8-14-10(9)4-2/h3,5,9-10H,4,6-8H2,1-2H3. The third-order valence-electron chi connectivity index (χ3n) is 2.49. The summed E-state index contributed by atoms with van der Waals surface area (Å²) in [5, 5.41) is 0. The number of carbonyl (C=O) groups is 1. The molecule has 1 rings (SSSR count). The van der Waals surface area contributed by atoms with Gasteiger partial charge in [-0.15, -0.1) is 0 Å². The van der Waals surface area contributed by atoms with E-state index in [9.17, 15) is 4.79 Å². The largest absolute Gasteiger partial charge is 0.463 e. The molecule has 0 aromatic heterocycles. The van der Waals surface area contributed by atoms with Gasteiger partial charge in [0.05, 0.1) is 19.3 Å². The van der Waals surface area contributed by atoms with Crippen molar-refractivity contribution in [2.24, 2.45) is 5.92 Å². The van der Waals surface area contributed by atoms with Gasteiger partial charge in [0, 0.05) is 12.0 Å². The summed E-state index contributed by atoms with van der Waals surface area (Å²) in [7, 11) is 0. The fourth-order valence-electron chi connectivity index (χ4n) is 1.58. The molecule has 80 valence electrons. The predicted octanol–water partition coefficient (Wildman–Crippen LogP) is 1.92. The van der Waals surface area contributed by atoms with E-state index in [1.807, 2.05) is 0 Å². The fourth-order valence-corrected chi connectivity index (χ4v) is 1.58. The first-order chi connectivity index (χ1) is 6.77. The molecule has 1 aliphatic rings. The highest BCUT2D eigenvalue weighted by Crippen LogP contribution is 2.25. The van der Waals surface area contributed by atoms with Crippen LogP contribution in [0.5, 0.6) is 0 Å². The second-order valence-corrected chi connectivity index (χ2v) is 3.50. The van der Waals surface area contributed by atoms with Crippen LogP contribution in [0.15, 0.2) is 12.2 Å². The lowest BCUT2D eigenvalue weighted by atomic mass is 9.93. The number of rotatable bonds is 5. The van der Waals surface area contributed by atoms with Gasteiger partial charge in [0.2, 0.25) is 0 Å². The minimum Gasteiger partial charge on any atom is -0.463 e. The lowest BCUT2D eigenvalue weighted by Gasteiger charge is -2.36. The van der Waals surface area contributed by atoms with Crippen LogP contribution in [0.2, 0.25) is 0 Å². The van der Waals surface area contributed by atoms with E-state index in [-0.39, 0.29) is 5.97 Å². The van der Waals surface area contributed by atoms with Crippen molar-refractivity contribution < 1.29 is 14.3 Å². The van der Waals surface area contributed by atoms with E-state index in [1.165, 1.54) is 6.08 Å². The van der Waals surface area contributed by atoms with E-state index < -0.39 is 0 Å². The molecule has 1 heterocycles. The van der Waals surface area contributed by atoms with Crippen LogP contribution in [0.3, 0.4) is 0 Å². The first-order valence-electron chi connectivity index (χ1n) is 5.19. The molecular formula is C11H18O3. The SMILES string of the molecule is CC=CC(=O)OCCC1COC1CC. The van der Waals surface area contributed by atoms with Crippen LogP contribution < -0.4 is 0 Å². The monoisotopic (exact) mass is 198 g/mol. The number of ether oxygens (including phenoxy) is 2. The van der Waals surface area contributed by atoms with Crippen LogP contribution in [0.4, 0.5) is 0 Å². The van der Waals surface area contributed by atoms with Crippen LogP contribution in [-0.4, -0.2) is 25.3 Å². The van der Waals surface area contributed by atoms with Crippen molar-refractivity contribution >= 4 is 5.97 Å². The normalized spacial score (nSPS) is 26.1. The quantitative estimate of drug-likeness (QED) is 0.500. The van der Waals surface area contributed by atoms with Gasteiger partial charge in [-0.1, -0.05) is 13.0 Å². The summed E-state index contributed by atoms with van der Waals surface area (Å²) in [6, 6.07) is 0. The molecule has 1 saturated heterocycles. The van der Waals surface area contributed by atoms with E-state index in [0.29, 0.717) is 18.6 Å². The highest BCUT2D eigenvalue weighted by Gasteiger charge is 2.29. The van der Waals surface area contributed by atoms with Crippen molar-refractivity contribution in [3.63, 3.8) is 0 Å². The first-order valence-corrected chi connectivity index (χ1v) is 5.19. The first kappa shape index (κ1) is 11.2. The van der Waals surface area contributed by atoms with Crippen molar-refractivity contribution in [3.8, 4) is 0 Å². The van der Waals surface area contributed by atoms with E-state index in [0.717, 1.165) is 19.4 Å².